The van der Waals surface area contributed by atoms with Gasteiger partial charge in [-0.2, -0.15) is 0 Å². The quantitative estimate of drug-likeness (QED) is 0.801. The number of thiazole rings is 2. The number of methoxy groups -OCH3 is 1. The third-order valence-corrected chi connectivity index (χ3v) is 5.82. The highest BCUT2D eigenvalue weighted by Crippen LogP contribution is 2.31. The Bertz CT molecular complexity index is 763. The molecular weight excluding hydrogens is 346 g/mol. The Kier molecular flexibility index (Phi) is 5.71. The largest absolute Gasteiger partial charge is 0.464 e. The molecule has 1 amide bonds. The average molecular weight is 367 g/mol. The van der Waals surface area contributed by atoms with Crippen LogP contribution >= 0.6 is 22.7 Å². The van der Waals surface area contributed by atoms with Gasteiger partial charge in [0.25, 0.3) is 5.91 Å². The minimum absolute atomic E-state index is 0.106. The molecule has 0 aromatic carbocycles. The zero-order chi connectivity index (χ0) is 18.0. The van der Waals surface area contributed by atoms with Crippen molar-refractivity contribution in [2.75, 3.05) is 12.4 Å². The second-order valence-corrected chi connectivity index (χ2v) is 8.20. The van der Waals surface area contributed by atoms with Crippen molar-refractivity contribution in [2.45, 2.75) is 46.5 Å². The van der Waals surface area contributed by atoms with E-state index in [9.17, 15) is 9.59 Å². The number of aromatic nitrogens is 2. The first-order valence-corrected chi connectivity index (χ1v) is 9.25. The van der Waals surface area contributed by atoms with Crippen molar-refractivity contribution in [3.8, 4) is 0 Å². The van der Waals surface area contributed by atoms with Crippen molar-refractivity contribution < 1.29 is 14.3 Å². The Morgan fingerprint density at radius 3 is 2.12 bits per heavy atom. The molecule has 0 atom stereocenters. The summed E-state index contributed by atoms with van der Waals surface area (Å²) in [6.07, 6.45) is 0. The van der Waals surface area contributed by atoms with Gasteiger partial charge in [-0.05, 0) is 18.8 Å². The van der Waals surface area contributed by atoms with Crippen molar-refractivity contribution in [2.24, 2.45) is 0 Å². The van der Waals surface area contributed by atoms with Crippen LogP contribution < -0.4 is 5.32 Å². The molecule has 0 aliphatic heterocycles. The van der Waals surface area contributed by atoms with E-state index in [0.717, 1.165) is 14.8 Å². The fourth-order valence-corrected chi connectivity index (χ4v) is 4.05. The number of aryl methyl sites for hydroxylation is 1. The van der Waals surface area contributed by atoms with Crippen LogP contribution in [0.2, 0.25) is 0 Å². The van der Waals surface area contributed by atoms with Crippen molar-refractivity contribution >= 4 is 39.7 Å². The van der Waals surface area contributed by atoms with Crippen molar-refractivity contribution in [3.05, 3.63) is 26.1 Å². The van der Waals surface area contributed by atoms with Gasteiger partial charge in [0.05, 0.1) is 12.1 Å². The van der Waals surface area contributed by atoms with Gasteiger partial charge >= 0.3 is 5.97 Å². The third-order valence-electron chi connectivity index (χ3n) is 3.28. The number of esters is 1. The van der Waals surface area contributed by atoms with Gasteiger partial charge in [0.2, 0.25) is 0 Å². The molecule has 2 aromatic rings. The number of nitrogens with zero attached hydrogens (tertiary/aromatic N) is 2. The number of anilines is 1. The second-order valence-electron chi connectivity index (χ2n) is 5.93. The minimum Gasteiger partial charge on any atom is -0.464 e. The van der Waals surface area contributed by atoms with E-state index in [2.05, 4.69) is 15.3 Å². The number of amides is 1. The summed E-state index contributed by atoms with van der Waals surface area (Å²) in [6, 6.07) is 0. The Morgan fingerprint density at radius 1 is 1.00 bits per heavy atom. The van der Waals surface area contributed by atoms with Crippen LogP contribution in [0.5, 0.6) is 0 Å². The van der Waals surface area contributed by atoms with E-state index in [0.29, 0.717) is 10.8 Å². The summed E-state index contributed by atoms with van der Waals surface area (Å²) < 4.78 is 4.77. The summed E-state index contributed by atoms with van der Waals surface area (Å²) in [7, 11) is 1.32. The molecule has 1 N–H and O–H groups in total. The van der Waals surface area contributed by atoms with E-state index >= 15 is 0 Å². The number of carbonyl (C=O) groups is 2. The molecule has 0 radical (unpaired) electrons. The van der Waals surface area contributed by atoms with Crippen LogP contribution in [0, 0.1) is 6.92 Å². The number of hydrogen-bond acceptors (Lipinski definition) is 7. The molecule has 0 fully saturated rings. The minimum atomic E-state index is -0.497. The van der Waals surface area contributed by atoms with E-state index in [1.54, 1.807) is 0 Å². The summed E-state index contributed by atoms with van der Waals surface area (Å²) in [5.74, 6) is -0.480. The smallest absolute Gasteiger partial charge is 0.357 e. The first-order valence-electron chi connectivity index (χ1n) is 7.62. The van der Waals surface area contributed by atoms with E-state index < -0.39 is 5.97 Å². The van der Waals surface area contributed by atoms with E-state index in [1.807, 2.05) is 34.6 Å². The maximum absolute atomic E-state index is 12.6. The maximum atomic E-state index is 12.6. The van der Waals surface area contributed by atoms with E-state index in [-0.39, 0.29) is 23.4 Å². The third kappa shape index (κ3) is 3.81. The predicted molar refractivity (Wildman–Crippen MR) is 96.4 cm³/mol. The Morgan fingerprint density at radius 2 is 1.58 bits per heavy atom. The van der Waals surface area contributed by atoms with E-state index in [1.165, 1.54) is 29.8 Å². The van der Waals surface area contributed by atoms with Crippen LogP contribution in [-0.4, -0.2) is 29.0 Å². The molecule has 130 valence electrons. The van der Waals surface area contributed by atoms with Gasteiger partial charge in [-0.1, -0.05) is 27.7 Å². The van der Waals surface area contributed by atoms with Crippen LogP contribution in [0.1, 0.15) is 75.3 Å². The molecule has 0 bridgehead atoms. The Hall–Kier alpha value is -1.80. The lowest BCUT2D eigenvalue weighted by Crippen LogP contribution is -2.15. The fourth-order valence-electron chi connectivity index (χ4n) is 2.17. The number of nitrogens with one attached hydrogen (secondary N) is 1. The number of rotatable bonds is 5. The van der Waals surface area contributed by atoms with Crippen LogP contribution in [0.4, 0.5) is 5.13 Å². The first-order chi connectivity index (χ1) is 11.2. The van der Waals surface area contributed by atoms with Gasteiger partial charge in [-0.15, -0.1) is 22.7 Å². The maximum Gasteiger partial charge on any atom is 0.357 e. The molecule has 0 aliphatic carbocycles. The topological polar surface area (TPSA) is 81.2 Å². The van der Waals surface area contributed by atoms with Crippen LogP contribution in [0.3, 0.4) is 0 Å². The zero-order valence-electron chi connectivity index (χ0n) is 14.6. The summed E-state index contributed by atoms with van der Waals surface area (Å²) in [5.41, 5.74) is 0.680. The van der Waals surface area contributed by atoms with Crippen LogP contribution in [0.25, 0.3) is 0 Å². The molecule has 2 rings (SSSR count). The summed E-state index contributed by atoms with van der Waals surface area (Å²) in [6.45, 7) is 9.86. The monoisotopic (exact) mass is 367 g/mol. The van der Waals surface area contributed by atoms with Crippen molar-refractivity contribution in [1.29, 1.82) is 0 Å². The van der Waals surface area contributed by atoms with Gasteiger partial charge in [0.15, 0.2) is 10.8 Å². The fraction of sp³-hybridized carbons (Fsp3) is 0.500. The highest BCUT2D eigenvalue weighted by molar-refractivity contribution is 7.16. The van der Waals surface area contributed by atoms with Gasteiger partial charge in [0.1, 0.15) is 5.69 Å². The van der Waals surface area contributed by atoms with E-state index in [4.69, 9.17) is 4.74 Å². The average Bonchev–Trinajstić information content (AvgIpc) is 3.10. The molecular formula is C16H21N3O3S2. The molecule has 0 unspecified atom stereocenters. The molecule has 2 aromatic heterocycles. The van der Waals surface area contributed by atoms with Gasteiger partial charge < -0.3 is 4.74 Å². The van der Waals surface area contributed by atoms with Crippen molar-refractivity contribution in [1.82, 2.24) is 9.97 Å². The van der Waals surface area contributed by atoms with Crippen LogP contribution in [0.15, 0.2) is 0 Å². The van der Waals surface area contributed by atoms with Crippen LogP contribution in [-0.2, 0) is 4.74 Å². The highest BCUT2D eigenvalue weighted by Gasteiger charge is 2.24. The Labute approximate surface area is 149 Å². The molecule has 8 heteroatoms. The van der Waals surface area contributed by atoms with Gasteiger partial charge in [0, 0.05) is 9.75 Å². The van der Waals surface area contributed by atoms with Gasteiger partial charge in [-0.25, -0.2) is 14.8 Å². The number of hydrogen-bond donors (Lipinski definition) is 1. The number of ether oxygens (including phenoxy) is 1. The highest BCUT2D eigenvalue weighted by atomic mass is 32.1. The SMILES string of the molecule is COC(=O)c1nc(NC(=O)c2nc(C)sc2C(C)C)sc1C(C)C. The molecule has 0 aliphatic rings. The normalized spacial score (nSPS) is 11.2. The number of carbonyl (C=O) groups excluding carboxylic acids is 2. The molecule has 0 saturated heterocycles. The summed E-state index contributed by atoms with van der Waals surface area (Å²) in [4.78, 5) is 34.7. The lowest BCUT2D eigenvalue weighted by Gasteiger charge is -2.04. The molecule has 0 saturated carbocycles. The summed E-state index contributed by atoms with van der Waals surface area (Å²) >= 11 is 2.81. The second kappa shape index (κ2) is 7.40. The molecule has 2 heterocycles. The van der Waals surface area contributed by atoms with Gasteiger partial charge in [-0.3, -0.25) is 10.1 Å². The molecule has 24 heavy (non-hydrogen) atoms. The molecule has 0 spiro atoms. The lowest BCUT2D eigenvalue weighted by atomic mass is 10.1. The predicted octanol–water partition coefficient (Wildman–Crippen LogP) is 4.19. The Balaban J connectivity index is 2.31. The standard InChI is InChI=1S/C16H21N3O3S2/c1-7(2)12-10(17-9(5)23-12)14(20)19-16-18-11(15(21)22-6)13(24-16)8(3)4/h7-8H,1-6H3,(H,18,19,20). The molecule has 6 nitrogen and oxygen atoms in total. The zero-order valence-corrected chi connectivity index (χ0v) is 16.2. The summed E-state index contributed by atoms with van der Waals surface area (Å²) in [5, 5.41) is 3.99. The first kappa shape index (κ1) is 18.5. The lowest BCUT2D eigenvalue weighted by molar-refractivity contribution is 0.0593. The van der Waals surface area contributed by atoms with Crippen molar-refractivity contribution in [3.63, 3.8) is 0 Å².